The number of aliphatic hydroxyl groups is 3. The van der Waals surface area contributed by atoms with E-state index in [4.69, 9.17) is 33.4 Å². The minimum atomic E-state index is -4.52. The van der Waals surface area contributed by atoms with Crippen LogP contribution in [0.25, 0.3) is 0 Å². The lowest BCUT2D eigenvalue weighted by molar-refractivity contribution is -0.0493. The molecule has 0 aromatic carbocycles. The van der Waals surface area contributed by atoms with Gasteiger partial charge in [-0.3, -0.25) is 9.09 Å². The van der Waals surface area contributed by atoms with Gasteiger partial charge in [0, 0.05) is 6.42 Å². The van der Waals surface area contributed by atoms with Gasteiger partial charge >= 0.3 is 7.60 Å². The zero-order valence-electron chi connectivity index (χ0n) is 20.2. The van der Waals surface area contributed by atoms with Gasteiger partial charge < -0.3 is 34.4 Å². The summed E-state index contributed by atoms with van der Waals surface area (Å²) < 4.78 is 29.8. The van der Waals surface area contributed by atoms with Gasteiger partial charge in [-0.1, -0.05) is 13.2 Å². The Morgan fingerprint density at radius 2 is 1.66 bits per heavy atom. The van der Waals surface area contributed by atoms with E-state index in [-0.39, 0.29) is 25.8 Å². The maximum atomic E-state index is 12.8. The maximum absolute atomic E-state index is 12.8. The molecule has 6 atom stereocenters. The van der Waals surface area contributed by atoms with Gasteiger partial charge in [0.15, 0.2) is 11.8 Å². The van der Waals surface area contributed by atoms with Crippen molar-refractivity contribution in [1.82, 2.24) is 0 Å². The fourth-order valence-electron chi connectivity index (χ4n) is 3.15. The summed E-state index contributed by atoms with van der Waals surface area (Å²) in [5.41, 5.74) is -4.13. The van der Waals surface area contributed by atoms with Gasteiger partial charge in [-0.2, -0.15) is 0 Å². The van der Waals surface area contributed by atoms with Crippen molar-refractivity contribution in [1.29, 1.82) is 0 Å². The zero-order chi connectivity index (χ0) is 25.6. The van der Waals surface area contributed by atoms with Crippen molar-refractivity contribution in [2.24, 2.45) is 0 Å². The molecule has 188 valence electrons. The normalized spacial score (nSPS) is 31.0. The molecule has 32 heavy (non-hydrogen) atoms. The Morgan fingerprint density at radius 3 is 2.06 bits per heavy atom. The molecule has 0 spiro atoms. The number of hydrogen-bond donors (Lipinski definition) is 5. The molecular formula is C19H39BO9P2S. The standard InChI is InChI=1S/C19H39BO9P2S/c1-9-18(8,22)30(24,25)29-16(4,5)17(6,7)31(26,32)28-15(2,3)10-13-14(21)19(23,11-20)12-27-13/h13-14,21-23H,9-12H2,1-8H3,(H,24,25)(H,26,32)/t13?,14-,18?,19+,31?/m1/s1. The van der Waals surface area contributed by atoms with Gasteiger partial charge in [0.2, 0.25) is 0 Å². The highest BCUT2D eigenvalue weighted by molar-refractivity contribution is 8.10. The first-order valence-corrected chi connectivity index (χ1v) is 14.8. The van der Waals surface area contributed by atoms with Gasteiger partial charge in [0.25, 0.3) is 0 Å². The van der Waals surface area contributed by atoms with Crippen molar-refractivity contribution in [2.45, 2.75) is 114 Å². The highest BCUT2D eigenvalue weighted by Crippen LogP contribution is 2.67. The van der Waals surface area contributed by atoms with Crippen LogP contribution in [-0.4, -0.2) is 79.1 Å². The molecule has 13 heteroatoms. The summed E-state index contributed by atoms with van der Waals surface area (Å²) in [5.74, 6) is 0. The van der Waals surface area contributed by atoms with Crippen LogP contribution in [0.4, 0.5) is 0 Å². The number of aliphatic hydroxyl groups excluding tert-OH is 1. The molecule has 5 N–H and O–H groups in total. The summed E-state index contributed by atoms with van der Waals surface area (Å²) in [6.45, 7) is 8.35. The first kappa shape index (κ1) is 30.7. The Labute approximate surface area is 198 Å². The minimum Gasteiger partial charge on any atom is -0.387 e. The molecule has 1 aliphatic heterocycles. The summed E-state index contributed by atoms with van der Waals surface area (Å²) in [6, 6.07) is 0. The second-order valence-electron chi connectivity index (χ2n) is 10.4. The van der Waals surface area contributed by atoms with Crippen molar-refractivity contribution in [3.05, 3.63) is 0 Å². The average molecular weight is 516 g/mol. The van der Waals surface area contributed by atoms with Crippen LogP contribution in [0.1, 0.15) is 68.2 Å². The van der Waals surface area contributed by atoms with E-state index < -0.39 is 53.6 Å². The molecule has 0 bridgehead atoms. The van der Waals surface area contributed by atoms with Gasteiger partial charge in [0.05, 0.1) is 36.9 Å². The molecule has 1 heterocycles. The van der Waals surface area contributed by atoms with Crippen LogP contribution >= 0.6 is 14.1 Å². The van der Waals surface area contributed by atoms with E-state index in [1.807, 2.05) is 0 Å². The average Bonchev–Trinajstić information content (AvgIpc) is 2.88. The summed E-state index contributed by atoms with van der Waals surface area (Å²) in [4.78, 5) is 21.7. The third-order valence-corrected chi connectivity index (χ3v) is 13.2. The SMILES string of the molecule is [B]C[C@]1(O)COC(CC(C)(C)OP(O)(=S)C(C)(C)C(C)(C)OP(=O)(O)C(C)(O)CC)[C@H]1O. The van der Waals surface area contributed by atoms with Crippen molar-refractivity contribution in [3.8, 4) is 0 Å². The monoisotopic (exact) mass is 516 g/mol. The molecule has 4 unspecified atom stereocenters. The second kappa shape index (κ2) is 9.59. The largest absolute Gasteiger partial charge is 0.387 e. The highest BCUT2D eigenvalue weighted by atomic mass is 32.5. The van der Waals surface area contributed by atoms with Crippen molar-refractivity contribution < 1.29 is 43.5 Å². The molecule has 1 aliphatic rings. The lowest BCUT2D eigenvalue weighted by Crippen LogP contribution is -2.49. The molecular weight excluding hydrogens is 477 g/mol. The molecule has 1 saturated heterocycles. The Hall–Kier alpha value is 0.625. The molecule has 1 fully saturated rings. The van der Waals surface area contributed by atoms with Crippen LogP contribution in [-0.2, 0) is 30.2 Å². The summed E-state index contributed by atoms with van der Waals surface area (Å²) in [7, 11) is 1.02. The van der Waals surface area contributed by atoms with Gasteiger partial charge in [-0.25, -0.2) is 0 Å². The Balaban J connectivity index is 3.09. The van der Waals surface area contributed by atoms with Crippen LogP contribution in [0.2, 0.25) is 6.32 Å². The summed E-state index contributed by atoms with van der Waals surface area (Å²) in [5, 5.41) is 27.7. The van der Waals surface area contributed by atoms with E-state index in [2.05, 4.69) is 0 Å². The number of rotatable bonds is 11. The molecule has 9 nitrogen and oxygen atoms in total. The quantitative estimate of drug-likeness (QED) is 0.205. The van der Waals surface area contributed by atoms with Crippen LogP contribution in [0.3, 0.4) is 0 Å². The Bertz CT molecular complexity index is 774. The van der Waals surface area contributed by atoms with Gasteiger partial charge in [-0.15, -0.1) is 0 Å². The van der Waals surface area contributed by atoms with Crippen molar-refractivity contribution in [3.63, 3.8) is 0 Å². The lowest BCUT2D eigenvalue weighted by atomic mass is 9.81. The van der Waals surface area contributed by atoms with Crippen LogP contribution < -0.4 is 0 Å². The lowest BCUT2D eigenvalue weighted by Gasteiger charge is -2.48. The van der Waals surface area contributed by atoms with E-state index in [1.165, 1.54) is 20.8 Å². The molecule has 0 saturated carbocycles. The number of hydrogen-bond acceptors (Lipinski definition) is 8. The van der Waals surface area contributed by atoms with Crippen molar-refractivity contribution in [2.75, 3.05) is 6.61 Å². The Kier molecular flexibility index (Phi) is 9.18. The molecule has 0 aromatic heterocycles. The van der Waals surface area contributed by atoms with E-state index in [1.54, 1.807) is 34.6 Å². The molecule has 1 rings (SSSR count). The predicted molar refractivity (Wildman–Crippen MR) is 128 cm³/mol. The maximum Gasteiger partial charge on any atom is 0.359 e. The smallest absolute Gasteiger partial charge is 0.359 e. The third-order valence-electron chi connectivity index (χ3n) is 6.68. The first-order valence-electron chi connectivity index (χ1n) is 10.5. The fraction of sp³-hybridized carbons (Fsp3) is 1.00. The number of ether oxygens (including phenoxy) is 1. The topological polar surface area (TPSA) is 146 Å². The minimum absolute atomic E-state index is 0.0209. The summed E-state index contributed by atoms with van der Waals surface area (Å²) in [6.07, 6.45) is -2.14. The fourth-order valence-corrected chi connectivity index (χ4v) is 7.63. The van der Waals surface area contributed by atoms with Gasteiger partial charge in [-0.05, 0) is 66.7 Å². The van der Waals surface area contributed by atoms with Crippen LogP contribution in [0.15, 0.2) is 0 Å². The summed E-state index contributed by atoms with van der Waals surface area (Å²) >= 11 is 5.48. The molecule has 0 aromatic rings. The van der Waals surface area contributed by atoms with E-state index in [9.17, 15) is 29.7 Å². The van der Waals surface area contributed by atoms with Crippen LogP contribution in [0, 0.1) is 0 Å². The van der Waals surface area contributed by atoms with E-state index >= 15 is 0 Å². The third kappa shape index (κ3) is 6.06. The first-order chi connectivity index (χ1) is 14.0. The highest BCUT2D eigenvalue weighted by Gasteiger charge is 2.56. The van der Waals surface area contributed by atoms with E-state index in [0.717, 1.165) is 0 Å². The second-order valence-corrected chi connectivity index (χ2v) is 16.4. The Morgan fingerprint density at radius 1 is 1.16 bits per heavy atom. The predicted octanol–water partition coefficient (Wildman–Crippen LogP) is 2.43. The zero-order valence-corrected chi connectivity index (χ0v) is 22.8. The molecule has 0 aliphatic carbocycles. The molecule has 0 amide bonds. The van der Waals surface area contributed by atoms with Gasteiger partial charge in [0.1, 0.15) is 11.7 Å². The van der Waals surface area contributed by atoms with E-state index in [0.29, 0.717) is 0 Å². The van der Waals surface area contributed by atoms with Crippen molar-refractivity contribution >= 4 is 33.7 Å². The molecule has 2 radical (unpaired) electrons. The van der Waals surface area contributed by atoms with Crippen LogP contribution in [0.5, 0.6) is 0 Å².